The molecule has 0 aliphatic carbocycles. The van der Waals surface area contributed by atoms with E-state index < -0.39 is 0 Å². The molecule has 26 heavy (non-hydrogen) atoms. The fourth-order valence-corrected chi connectivity index (χ4v) is 3.43. The van der Waals surface area contributed by atoms with E-state index in [1.807, 2.05) is 12.4 Å². The molecule has 5 nitrogen and oxygen atoms in total. The van der Waals surface area contributed by atoms with Crippen molar-refractivity contribution in [3.05, 3.63) is 42.2 Å². The van der Waals surface area contributed by atoms with Crippen LogP contribution in [0.15, 0.2) is 36.7 Å². The Morgan fingerprint density at radius 3 is 2.19 bits per heavy atom. The van der Waals surface area contributed by atoms with E-state index in [2.05, 4.69) is 83.8 Å². The Hall–Kier alpha value is -1.98. The summed E-state index contributed by atoms with van der Waals surface area (Å²) in [5, 5.41) is 0. The topological polar surface area (TPSA) is 35.5 Å². The second kappa shape index (κ2) is 7.72. The molecule has 1 aliphatic rings. The van der Waals surface area contributed by atoms with Crippen LogP contribution in [-0.2, 0) is 6.54 Å². The van der Waals surface area contributed by atoms with E-state index in [0.29, 0.717) is 0 Å². The van der Waals surface area contributed by atoms with Crippen molar-refractivity contribution in [2.45, 2.75) is 32.9 Å². The SMILES string of the molecule is CN(C)Cc1cccc(-c2cnc(N3CCN(C(C)(C)C)CC3)nc2)c1. The Labute approximate surface area is 157 Å². The lowest BCUT2D eigenvalue weighted by Crippen LogP contribution is -2.53. The highest BCUT2D eigenvalue weighted by atomic mass is 15.3. The molecular weight excluding hydrogens is 322 g/mol. The van der Waals surface area contributed by atoms with Gasteiger partial charge < -0.3 is 9.80 Å². The van der Waals surface area contributed by atoms with Crippen molar-refractivity contribution < 1.29 is 0 Å². The van der Waals surface area contributed by atoms with Gasteiger partial charge in [0, 0.05) is 56.2 Å². The number of hydrogen-bond donors (Lipinski definition) is 0. The second-order valence-corrected chi connectivity index (χ2v) is 8.35. The number of aromatic nitrogens is 2. The lowest BCUT2D eigenvalue weighted by molar-refractivity contribution is 0.128. The van der Waals surface area contributed by atoms with Gasteiger partial charge in [0.15, 0.2) is 0 Å². The highest BCUT2D eigenvalue weighted by molar-refractivity contribution is 5.63. The molecule has 0 N–H and O–H groups in total. The minimum absolute atomic E-state index is 0.231. The van der Waals surface area contributed by atoms with Gasteiger partial charge in [0.05, 0.1) is 0 Å². The maximum absolute atomic E-state index is 4.64. The summed E-state index contributed by atoms with van der Waals surface area (Å²) in [6.45, 7) is 11.8. The number of anilines is 1. The predicted octanol–water partition coefficient (Wildman–Crippen LogP) is 3.13. The van der Waals surface area contributed by atoms with E-state index in [9.17, 15) is 0 Å². The molecule has 2 heterocycles. The summed E-state index contributed by atoms with van der Waals surface area (Å²) in [5.41, 5.74) is 3.78. The van der Waals surface area contributed by atoms with E-state index in [0.717, 1.165) is 44.2 Å². The van der Waals surface area contributed by atoms with Crippen LogP contribution in [0, 0.1) is 0 Å². The maximum atomic E-state index is 4.64. The average Bonchev–Trinajstić information content (AvgIpc) is 2.61. The van der Waals surface area contributed by atoms with Gasteiger partial charge in [0.1, 0.15) is 0 Å². The maximum Gasteiger partial charge on any atom is 0.225 e. The third-order valence-electron chi connectivity index (χ3n) is 4.91. The molecule has 0 amide bonds. The van der Waals surface area contributed by atoms with E-state index in [1.165, 1.54) is 11.1 Å². The molecule has 1 aromatic heterocycles. The van der Waals surface area contributed by atoms with Crippen LogP contribution < -0.4 is 4.90 Å². The molecule has 5 heteroatoms. The molecule has 140 valence electrons. The Morgan fingerprint density at radius 1 is 0.962 bits per heavy atom. The van der Waals surface area contributed by atoms with Gasteiger partial charge >= 0.3 is 0 Å². The molecule has 0 spiro atoms. The number of benzene rings is 1. The first-order chi connectivity index (χ1) is 12.3. The van der Waals surface area contributed by atoms with Gasteiger partial charge in [-0.15, -0.1) is 0 Å². The van der Waals surface area contributed by atoms with Crippen molar-refractivity contribution in [1.29, 1.82) is 0 Å². The number of hydrogen-bond acceptors (Lipinski definition) is 5. The van der Waals surface area contributed by atoms with Crippen LogP contribution in [0.2, 0.25) is 0 Å². The largest absolute Gasteiger partial charge is 0.338 e. The zero-order valence-corrected chi connectivity index (χ0v) is 16.7. The van der Waals surface area contributed by atoms with Gasteiger partial charge in [-0.3, -0.25) is 4.90 Å². The quantitative estimate of drug-likeness (QED) is 0.844. The van der Waals surface area contributed by atoms with Gasteiger partial charge in [-0.1, -0.05) is 18.2 Å². The Morgan fingerprint density at radius 2 is 1.62 bits per heavy atom. The summed E-state index contributed by atoms with van der Waals surface area (Å²) >= 11 is 0. The Balaban J connectivity index is 1.68. The molecular formula is C21H31N5. The number of piperazine rings is 1. The molecule has 1 aromatic carbocycles. The molecule has 1 fully saturated rings. The van der Waals surface area contributed by atoms with Crippen LogP contribution in [0.25, 0.3) is 11.1 Å². The average molecular weight is 354 g/mol. The number of rotatable bonds is 4. The van der Waals surface area contributed by atoms with Crippen LogP contribution in [-0.4, -0.2) is 65.6 Å². The van der Waals surface area contributed by atoms with Crippen LogP contribution in [0.4, 0.5) is 5.95 Å². The van der Waals surface area contributed by atoms with E-state index in [1.54, 1.807) is 0 Å². The Kier molecular flexibility index (Phi) is 5.58. The minimum atomic E-state index is 0.231. The first-order valence-electron chi connectivity index (χ1n) is 9.39. The molecule has 1 saturated heterocycles. The first-order valence-corrected chi connectivity index (χ1v) is 9.39. The minimum Gasteiger partial charge on any atom is -0.338 e. The van der Waals surface area contributed by atoms with Gasteiger partial charge in [0.25, 0.3) is 0 Å². The highest BCUT2D eigenvalue weighted by Gasteiger charge is 2.26. The normalized spacial score (nSPS) is 16.3. The van der Waals surface area contributed by atoms with E-state index >= 15 is 0 Å². The van der Waals surface area contributed by atoms with Gasteiger partial charge in [0.2, 0.25) is 5.95 Å². The number of nitrogens with zero attached hydrogens (tertiary/aromatic N) is 5. The molecule has 0 unspecified atom stereocenters. The summed E-state index contributed by atoms with van der Waals surface area (Å²) in [7, 11) is 4.17. The predicted molar refractivity (Wildman–Crippen MR) is 108 cm³/mol. The Bertz CT molecular complexity index is 710. The van der Waals surface area contributed by atoms with Gasteiger partial charge in [-0.05, 0) is 52.1 Å². The standard InChI is InChI=1S/C21H31N5/c1-21(2,3)26-11-9-25(10-12-26)20-22-14-19(15-23-20)18-8-6-7-17(13-18)16-24(4)5/h6-8,13-15H,9-12,16H2,1-5H3. The molecule has 0 atom stereocenters. The van der Waals surface area contributed by atoms with Crippen LogP contribution in [0.1, 0.15) is 26.3 Å². The van der Waals surface area contributed by atoms with Crippen molar-refractivity contribution in [1.82, 2.24) is 19.8 Å². The monoisotopic (exact) mass is 353 g/mol. The fourth-order valence-electron chi connectivity index (χ4n) is 3.43. The molecule has 0 saturated carbocycles. The summed E-state index contributed by atoms with van der Waals surface area (Å²) < 4.78 is 0. The van der Waals surface area contributed by atoms with Crippen LogP contribution in [0.5, 0.6) is 0 Å². The summed E-state index contributed by atoms with van der Waals surface area (Å²) in [6, 6.07) is 8.61. The molecule has 1 aliphatic heterocycles. The van der Waals surface area contributed by atoms with Crippen molar-refractivity contribution in [2.75, 3.05) is 45.2 Å². The third-order valence-corrected chi connectivity index (χ3v) is 4.91. The van der Waals surface area contributed by atoms with Crippen molar-refractivity contribution in [2.24, 2.45) is 0 Å². The lowest BCUT2D eigenvalue weighted by atomic mass is 10.1. The zero-order valence-electron chi connectivity index (χ0n) is 16.7. The van der Waals surface area contributed by atoms with Gasteiger partial charge in [-0.2, -0.15) is 0 Å². The summed E-state index contributed by atoms with van der Waals surface area (Å²) in [5.74, 6) is 0.840. The molecule has 2 aromatic rings. The fraction of sp³-hybridized carbons (Fsp3) is 0.524. The van der Waals surface area contributed by atoms with Gasteiger partial charge in [-0.25, -0.2) is 9.97 Å². The van der Waals surface area contributed by atoms with Crippen molar-refractivity contribution in [3.63, 3.8) is 0 Å². The second-order valence-electron chi connectivity index (χ2n) is 8.35. The zero-order chi connectivity index (χ0) is 18.7. The first kappa shape index (κ1) is 18.8. The van der Waals surface area contributed by atoms with Crippen molar-refractivity contribution >= 4 is 5.95 Å². The van der Waals surface area contributed by atoms with Crippen molar-refractivity contribution in [3.8, 4) is 11.1 Å². The van der Waals surface area contributed by atoms with Crippen LogP contribution in [0.3, 0.4) is 0 Å². The molecule has 0 bridgehead atoms. The highest BCUT2D eigenvalue weighted by Crippen LogP contribution is 2.22. The lowest BCUT2D eigenvalue weighted by Gasteiger charge is -2.42. The molecule has 3 rings (SSSR count). The molecule has 0 radical (unpaired) electrons. The van der Waals surface area contributed by atoms with E-state index in [4.69, 9.17) is 0 Å². The smallest absolute Gasteiger partial charge is 0.225 e. The van der Waals surface area contributed by atoms with Crippen LogP contribution >= 0.6 is 0 Å². The van der Waals surface area contributed by atoms with E-state index in [-0.39, 0.29) is 5.54 Å². The third kappa shape index (κ3) is 4.59. The summed E-state index contributed by atoms with van der Waals surface area (Å²) in [6.07, 6.45) is 3.90. The summed E-state index contributed by atoms with van der Waals surface area (Å²) in [4.78, 5) is 16.3.